The zero-order valence-corrected chi connectivity index (χ0v) is 13.2. The van der Waals surface area contributed by atoms with E-state index in [1.807, 2.05) is 0 Å². The van der Waals surface area contributed by atoms with Crippen molar-refractivity contribution in [3.8, 4) is 5.88 Å². The third-order valence-electron chi connectivity index (χ3n) is 3.59. The summed E-state index contributed by atoms with van der Waals surface area (Å²) in [6.07, 6.45) is 4.24. The van der Waals surface area contributed by atoms with Crippen LogP contribution in [0.15, 0.2) is 30.6 Å². The number of aromatic nitrogens is 2. The minimum Gasteiger partial charge on any atom is -0.480 e. The Labute approximate surface area is 126 Å². The largest absolute Gasteiger partial charge is 0.480 e. The molecule has 1 aromatic heterocycles. The highest BCUT2D eigenvalue weighted by Gasteiger charge is 2.19. The number of nitrogens with one attached hydrogen (secondary N) is 1. The molecule has 4 heteroatoms. The van der Waals surface area contributed by atoms with Gasteiger partial charge in [-0.2, -0.15) is 0 Å². The topological polar surface area (TPSA) is 47.0 Å². The summed E-state index contributed by atoms with van der Waals surface area (Å²) in [5.41, 5.74) is 4.76. The Morgan fingerprint density at radius 3 is 2.67 bits per heavy atom. The lowest BCUT2D eigenvalue weighted by atomic mass is 9.97. The molecule has 0 bridgehead atoms. The van der Waals surface area contributed by atoms with E-state index in [2.05, 4.69) is 54.3 Å². The Morgan fingerprint density at radius 2 is 1.95 bits per heavy atom. The molecular formula is C17H23N3O. The monoisotopic (exact) mass is 285 g/mol. The predicted octanol–water partition coefficient (Wildman–Crippen LogP) is 3.00. The summed E-state index contributed by atoms with van der Waals surface area (Å²) in [6.45, 7) is 7.23. The maximum absolute atomic E-state index is 5.35. The molecule has 1 atom stereocenters. The number of likely N-dealkylation sites (N-methyl/N-ethyl adjacent to an activating group) is 1. The van der Waals surface area contributed by atoms with Crippen molar-refractivity contribution in [1.82, 2.24) is 15.3 Å². The van der Waals surface area contributed by atoms with E-state index in [9.17, 15) is 0 Å². The first-order valence-corrected chi connectivity index (χ1v) is 7.30. The number of benzene rings is 1. The maximum Gasteiger partial charge on any atom is 0.237 e. The molecule has 4 nitrogen and oxygen atoms in total. The van der Waals surface area contributed by atoms with Gasteiger partial charge < -0.3 is 10.1 Å². The first kappa shape index (κ1) is 15.4. The SMILES string of the molecule is CCNC(Cc1cc(C)ccc1C)c1nccnc1OC. The van der Waals surface area contributed by atoms with E-state index in [1.165, 1.54) is 16.7 Å². The van der Waals surface area contributed by atoms with Gasteiger partial charge in [-0.05, 0) is 37.9 Å². The van der Waals surface area contributed by atoms with Crippen LogP contribution in [0.25, 0.3) is 0 Å². The number of hydrogen-bond donors (Lipinski definition) is 1. The van der Waals surface area contributed by atoms with Crippen molar-refractivity contribution in [2.24, 2.45) is 0 Å². The Hall–Kier alpha value is -1.94. The Kier molecular flexibility index (Phi) is 5.28. The van der Waals surface area contributed by atoms with Crippen molar-refractivity contribution in [2.75, 3.05) is 13.7 Å². The zero-order chi connectivity index (χ0) is 15.2. The van der Waals surface area contributed by atoms with Gasteiger partial charge in [-0.25, -0.2) is 4.98 Å². The summed E-state index contributed by atoms with van der Waals surface area (Å²) in [6, 6.07) is 6.65. The van der Waals surface area contributed by atoms with Crippen LogP contribution in [0.4, 0.5) is 0 Å². The molecule has 0 radical (unpaired) electrons. The van der Waals surface area contributed by atoms with Crippen molar-refractivity contribution in [3.63, 3.8) is 0 Å². The van der Waals surface area contributed by atoms with Gasteiger partial charge in [0, 0.05) is 12.4 Å². The molecule has 112 valence electrons. The van der Waals surface area contributed by atoms with Gasteiger partial charge in [0.1, 0.15) is 5.69 Å². The summed E-state index contributed by atoms with van der Waals surface area (Å²) in [5.74, 6) is 0.591. The Bertz CT molecular complexity index is 598. The van der Waals surface area contributed by atoms with E-state index >= 15 is 0 Å². The summed E-state index contributed by atoms with van der Waals surface area (Å²) < 4.78 is 5.35. The highest BCUT2D eigenvalue weighted by Crippen LogP contribution is 2.25. The van der Waals surface area contributed by atoms with E-state index < -0.39 is 0 Å². The Morgan fingerprint density at radius 1 is 1.19 bits per heavy atom. The molecule has 0 aliphatic rings. The van der Waals surface area contributed by atoms with Gasteiger partial charge in [-0.15, -0.1) is 0 Å². The van der Waals surface area contributed by atoms with Gasteiger partial charge in [-0.1, -0.05) is 30.7 Å². The van der Waals surface area contributed by atoms with Crippen LogP contribution in [0.1, 0.15) is 35.3 Å². The van der Waals surface area contributed by atoms with E-state index in [0.29, 0.717) is 5.88 Å². The van der Waals surface area contributed by atoms with Crippen LogP contribution >= 0.6 is 0 Å². The van der Waals surface area contributed by atoms with Crippen molar-refractivity contribution in [3.05, 3.63) is 53.0 Å². The molecule has 0 aliphatic carbocycles. The molecule has 1 N–H and O–H groups in total. The van der Waals surface area contributed by atoms with Crippen LogP contribution in [0, 0.1) is 13.8 Å². The molecule has 1 aromatic carbocycles. The molecule has 0 fully saturated rings. The van der Waals surface area contributed by atoms with Crippen LogP contribution < -0.4 is 10.1 Å². The zero-order valence-electron chi connectivity index (χ0n) is 13.2. The lowest BCUT2D eigenvalue weighted by molar-refractivity contribution is 0.377. The third kappa shape index (κ3) is 3.79. The van der Waals surface area contributed by atoms with Crippen LogP contribution in [-0.4, -0.2) is 23.6 Å². The minimum absolute atomic E-state index is 0.0964. The Balaban J connectivity index is 2.33. The van der Waals surface area contributed by atoms with Gasteiger partial charge in [0.25, 0.3) is 0 Å². The normalized spacial score (nSPS) is 12.2. The molecule has 1 heterocycles. The molecule has 2 aromatic rings. The molecule has 2 rings (SSSR count). The highest BCUT2D eigenvalue weighted by molar-refractivity contribution is 5.33. The van der Waals surface area contributed by atoms with Crippen LogP contribution in [0.2, 0.25) is 0 Å². The van der Waals surface area contributed by atoms with E-state index in [1.54, 1.807) is 19.5 Å². The van der Waals surface area contributed by atoms with Crippen molar-refractivity contribution in [1.29, 1.82) is 0 Å². The first-order chi connectivity index (χ1) is 10.2. The van der Waals surface area contributed by atoms with E-state index in [-0.39, 0.29) is 6.04 Å². The highest BCUT2D eigenvalue weighted by atomic mass is 16.5. The molecule has 1 unspecified atom stereocenters. The fraction of sp³-hybridized carbons (Fsp3) is 0.412. The van der Waals surface area contributed by atoms with E-state index in [0.717, 1.165) is 18.7 Å². The van der Waals surface area contributed by atoms with Crippen molar-refractivity contribution < 1.29 is 4.74 Å². The minimum atomic E-state index is 0.0964. The second-order valence-corrected chi connectivity index (χ2v) is 5.20. The van der Waals surface area contributed by atoms with Gasteiger partial charge in [0.15, 0.2) is 0 Å². The second kappa shape index (κ2) is 7.18. The van der Waals surface area contributed by atoms with Gasteiger partial charge in [0.05, 0.1) is 13.2 Å². The average molecular weight is 285 g/mol. The van der Waals surface area contributed by atoms with Crippen LogP contribution in [0.3, 0.4) is 0 Å². The predicted molar refractivity (Wildman–Crippen MR) is 84.6 cm³/mol. The number of hydrogen-bond acceptors (Lipinski definition) is 4. The fourth-order valence-corrected chi connectivity index (χ4v) is 2.48. The third-order valence-corrected chi connectivity index (χ3v) is 3.59. The lowest BCUT2D eigenvalue weighted by Gasteiger charge is -2.20. The molecule has 0 amide bonds. The van der Waals surface area contributed by atoms with Crippen LogP contribution in [0.5, 0.6) is 5.88 Å². The van der Waals surface area contributed by atoms with Gasteiger partial charge in [-0.3, -0.25) is 4.98 Å². The molecular weight excluding hydrogens is 262 g/mol. The molecule has 0 spiro atoms. The van der Waals surface area contributed by atoms with Gasteiger partial charge >= 0.3 is 0 Å². The summed E-state index contributed by atoms with van der Waals surface area (Å²) >= 11 is 0. The standard InChI is InChI=1S/C17H23N3O/c1-5-18-15(16-17(21-4)20-9-8-19-16)11-14-10-12(2)6-7-13(14)3/h6-10,15,18H,5,11H2,1-4H3. The summed E-state index contributed by atoms with van der Waals surface area (Å²) in [5, 5.41) is 3.49. The summed E-state index contributed by atoms with van der Waals surface area (Å²) in [4.78, 5) is 8.72. The number of nitrogens with zero attached hydrogens (tertiary/aromatic N) is 2. The molecule has 0 saturated heterocycles. The van der Waals surface area contributed by atoms with E-state index in [4.69, 9.17) is 4.74 Å². The quantitative estimate of drug-likeness (QED) is 0.886. The molecule has 0 saturated carbocycles. The smallest absolute Gasteiger partial charge is 0.237 e. The maximum atomic E-state index is 5.35. The summed E-state index contributed by atoms with van der Waals surface area (Å²) in [7, 11) is 1.63. The van der Waals surface area contributed by atoms with Crippen LogP contribution in [-0.2, 0) is 6.42 Å². The number of aryl methyl sites for hydroxylation is 2. The number of ether oxygens (including phenoxy) is 1. The van der Waals surface area contributed by atoms with Crippen molar-refractivity contribution in [2.45, 2.75) is 33.2 Å². The molecule has 0 aliphatic heterocycles. The number of rotatable bonds is 6. The average Bonchev–Trinajstić information content (AvgIpc) is 2.50. The first-order valence-electron chi connectivity index (χ1n) is 7.30. The number of methoxy groups -OCH3 is 1. The second-order valence-electron chi connectivity index (χ2n) is 5.20. The lowest BCUT2D eigenvalue weighted by Crippen LogP contribution is -2.25. The molecule has 21 heavy (non-hydrogen) atoms. The van der Waals surface area contributed by atoms with Gasteiger partial charge in [0.2, 0.25) is 5.88 Å². The fourth-order valence-electron chi connectivity index (χ4n) is 2.48. The van der Waals surface area contributed by atoms with Crippen molar-refractivity contribution >= 4 is 0 Å².